The van der Waals surface area contributed by atoms with Crippen molar-refractivity contribution in [2.24, 2.45) is 5.92 Å². The van der Waals surface area contributed by atoms with Crippen molar-refractivity contribution >= 4 is 17.3 Å². The van der Waals surface area contributed by atoms with Gasteiger partial charge in [0.2, 0.25) is 5.91 Å². The molecule has 1 amide bonds. The highest BCUT2D eigenvalue weighted by molar-refractivity contribution is 5.77. The summed E-state index contributed by atoms with van der Waals surface area (Å²) >= 11 is 0. The van der Waals surface area contributed by atoms with Gasteiger partial charge in [-0.1, -0.05) is 13.8 Å². The Morgan fingerprint density at radius 1 is 1.29 bits per heavy atom. The maximum Gasteiger partial charge on any atom is 0.222 e. The van der Waals surface area contributed by atoms with Crippen LogP contribution in [0.5, 0.6) is 5.75 Å². The van der Waals surface area contributed by atoms with Crippen LogP contribution in [0.4, 0.5) is 11.4 Å². The standard InChI is InChI=1S/C16H25N3O2/c1-12(2)10-16(20)19-8-6-18(7-9-19)14-11-13(17)4-5-15(14)21-3/h4-5,11-12H,6-10,17H2,1-3H3. The molecule has 0 unspecified atom stereocenters. The van der Waals surface area contributed by atoms with Crippen LogP contribution in [-0.4, -0.2) is 44.1 Å². The predicted octanol–water partition coefficient (Wildman–Crippen LogP) is 1.97. The van der Waals surface area contributed by atoms with E-state index in [1.165, 1.54) is 0 Å². The smallest absolute Gasteiger partial charge is 0.222 e. The lowest BCUT2D eigenvalue weighted by Crippen LogP contribution is -2.49. The highest BCUT2D eigenvalue weighted by atomic mass is 16.5. The molecule has 0 atom stereocenters. The van der Waals surface area contributed by atoms with Crippen molar-refractivity contribution in [3.05, 3.63) is 18.2 Å². The Bertz CT molecular complexity index is 494. The Balaban J connectivity index is 2.01. The highest BCUT2D eigenvalue weighted by Crippen LogP contribution is 2.31. The summed E-state index contributed by atoms with van der Waals surface area (Å²) in [6.45, 7) is 7.28. The van der Waals surface area contributed by atoms with Gasteiger partial charge in [-0.25, -0.2) is 0 Å². The molecule has 5 nitrogen and oxygen atoms in total. The zero-order chi connectivity index (χ0) is 15.4. The van der Waals surface area contributed by atoms with E-state index >= 15 is 0 Å². The van der Waals surface area contributed by atoms with E-state index in [1.807, 2.05) is 23.1 Å². The number of nitrogens with zero attached hydrogens (tertiary/aromatic N) is 2. The van der Waals surface area contributed by atoms with Gasteiger partial charge in [0, 0.05) is 38.3 Å². The summed E-state index contributed by atoms with van der Waals surface area (Å²) in [5, 5.41) is 0. The van der Waals surface area contributed by atoms with Gasteiger partial charge in [-0.05, 0) is 24.1 Å². The second-order valence-corrected chi connectivity index (χ2v) is 5.90. The molecule has 0 aromatic heterocycles. The Morgan fingerprint density at radius 2 is 1.95 bits per heavy atom. The van der Waals surface area contributed by atoms with Crippen LogP contribution in [0.1, 0.15) is 20.3 Å². The zero-order valence-electron chi connectivity index (χ0n) is 13.1. The number of piperazine rings is 1. The minimum atomic E-state index is 0.254. The molecule has 1 fully saturated rings. The molecule has 21 heavy (non-hydrogen) atoms. The number of anilines is 2. The van der Waals surface area contributed by atoms with Gasteiger partial charge in [-0.2, -0.15) is 0 Å². The number of nitrogens with two attached hydrogens (primary N) is 1. The van der Waals surface area contributed by atoms with Crippen LogP contribution in [0.25, 0.3) is 0 Å². The van der Waals surface area contributed by atoms with E-state index in [4.69, 9.17) is 10.5 Å². The third kappa shape index (κ3) is 3.80. The van der Waals surface area contributed by atoms with E-state index in [0.717, 1.165) is 43.3 Å². The minimum Gasteiger partial charge on any atom is -0.495 e. The summed E-state index contributed by atoms with van der Waals surface area (Å²) in [7, 11) is 1.66. The number of amides is 1. The second-order valence-electron chi connectivity index (χ2n) is 5.90. The molecule has 1 aromatic rings. The van der Waals surface area contributed by atoms with Crippen molar-refractivity contribution in [2.45, 2.75) is 20.3 Å². The number of benzene rings is 1. The van der Waals surface area contributed by atoms with Crippen LogP contribution in [0.2, 0.25) is 0 Å². The van der Waals surface area contributed by atoms with Crippen LogP contribution in [0.3, 0.4) is 0 Å². The van der Waals surface area contributed by atoms with Gasteiger partial charge in [0.25, 0.3) is 0 Å². The molecule has 0 aliphatic carbocycles. The first kappa shape index (κ1) is 15.5. The van der Waals surface area contributed by atoms with Crippen LogP contribution in [-0.2, 0) is 4.79 Å². The van der Waals surface area contributed by atoms with Gasteiger partial charge in [0.15, 0.2) is 0 Å². The van der Waals surface area contributed by atoms with Gasteiger partial charge in [0.05, 0.1) is 12.8 Å². The Labute approximate surface area is 126 Å². The fourth-order valence-electron chi connectivity index (χ4n) is 2.63. The predicted molar refractivity (Wildman–Crippen MR) is 85.7 cm³/mol. The van der Waals surface area contributed by atoms with E-state index in [2.05, 4.69) is 18.7 Å². The second kappa shape index (κ2) is 6.70. The molecule has 0 saturated carbocycles. The van der Waals surface area contributed by atoms with Crippen molar-refractivity contribution in [2.75, 3.05) is 43.9 Å². The average Bonchev–Trinajstić information content (AvgIpc) is 2.46. The number of carbonyl (C=O) groups excluding carboxylic acids is 1. The third-order valence-corrected chi connectivity index (χ3v) is 3.76. The molecule has 0 spiro atoms. The van der Waals surface area contributed by atoms with Crippen molar-refractivity contribution in [1.29, 1.82) is 0 Å². The fraction of sp³-hybridized carbons (Fsp3) is 0.562. The van der Waals surface area contributed by atoms with Gasteiger partial charge in [-0.15, -0.1) is 0 Å². The minimum absolute atomic E-state index is 0.254. The normalized spacial score (nSPS) is 15.4. The maximum atomic E-state index is 12.1. The summed E-state index contributed by atoms with van der Waals surface area (Å²) < 4.78 is 5.40. The van der Waals surface area contributed by atoms with E-state index in [1.54, 1.807) is 7.11 Å². The van der Waals surface area contributed by atoms with E-state index < -0.39 is 0 Å². The van der Waals surface area contributed by atoms with E-state index in [0.29, 0.717) is 12.3 Å². The van der Waals surface area contributed by atoms with Crippen LogP contribution >= 0.6 is 0 Å². The summed E-state index contributed by atoms with van der Waals surface area (Å²) in [6, 6.07) is 5.66. The number of rotatable bonds is 4. The van der Waals surface area contributed by atoms with E-state index in [-0.39, 0.29) is 5.91 Å². The van der Waals surface area contributed by atoms with Gasteiger partial charge in [-0.3, -0.25) is 4.79 Å². The largest absolute Gasteiger partial charge is 0.495 e. The number of methoxy groups -OCH3 is 1. The topological polar surface area (TPSA) is 58.8 Å². The summed E-state index contributed by atoms with van der Waals surface area (Å²) in [6.07, 6.45) is 0.627. The first-order valence-corrected chi connectivity index (χ1v) is 7.47. The lowest BCUT2D eigenvalue weighted by Gasteiger charge is -2.37. The molecular formula is C16H25N3O2. The average molecular weight is 291 g/mol. The third-order valence-electron chi connectivity index (χ3n) is 3.76. The lowest BCUT2D eigenvalue weighted by atomic mass is 10.1. The van der Waals surface area contributed by atoms with Crippen molar-refractivity contribution in [1.82, 2.24) is 4.90 Å². The van der Waals surface area contributed by atoms with E-state index in [9.17, 15) is 4.79 Å². The number of ether oxygens (including phenoxy) is 1. The molecule has 5 heteroatoms. The summed E-state index contributed by atoms with van der Waals surface area (Å²) in [5.41, 5.74) is 7.61. The quantitative estimate of drug-likeness (QED) is 0.862. The number of carbonyl (C=O) groups is 1. The number of nitrogen functional groups attached to an aromatic ring is 1. The van der Waals surface area contributed by atoms with Gasteiger partial charge in [0.1, 0.15) is 5.75 Å². The molecule has 1 aliphatic rings. The molecule has 2 N–H and O–H groups in total. The SMILES string of the molecule is COc1ccc(N)cc1N1CCN(C(=O)CC(C)C)CC1. The molecule has 1 aromatic carbocycles. The number of hydrogen-bond acceptors (Lipinski definition) is 4. The summed E-state index contributed by atoms with van der Waals surface area (Å²) in [5.74, 6) is 1.49. The molecule has 0 radical (unpaired) electrons. The van der Waals surface area contributed by atoms with Crippen molar-refractivity contribution in [3.8, 4) is 5.75 Å². The summed E-state index contributed by atoms with van der Waals surface area (Å²) in [4.78, 5) is 16.3. The molecule has 1 heterocycles. The molecule has 1 saturated heterocycles. The van der Waals surface area contributed by atoms with Crippen molar-refractivity contribution in [3.63, 3.8) is 0 Å². The maximum absolute atomic E-state index is 12.1. The van der Waals surface area contributed by atoms with Crippen LogP contribution < -0.4 is 15.4 Å². The monoisotopic (exact) mass is 291 g/mol. The Kier molecular flexibility index (Phi) is 4.94. The van der Waals surface area contributed by atoms with Gasteiger partial charge < -0.3 is 20.3 Å². The molecule has 116 valence electrons. The number of hydrogen-bond donors (Lipinski definition) is 1. The zero-order valence-corrected chi connectivity index (χ0v) is 13.1. The van der Waals surface area contributed by atoms with Crippen LogP contribution in [0, 0.1) is 5.92 Å². The lowest BCUT2D eigenvalue weighted by molar-refractivity contribution is -0.132. The van der Waals surface area contributed by atoms with Crippen LogP contribution in [0.15, 0.2) is 18.2 Å². The fourth-order valence-corrected chi connectivity index (χ4v) is 2.63. The molecule has 1 aliphatic heterocycles. The first-order valence-electron chi connectivity index (χ1n) is 7.47. The van der Waals surface area contributed by atoms with Gasteiger partial charge >= 0.3 is 0 Å². The molecular weight excluding hydrogens is 266 g/mol. The highest BCUT2D eigenvalue weighted by Gasteiger charge is 2.23. The molecule has 0 bridgehead atoms. The Morgan fingerprint density at radius 3 is 2.52 bits per heavy atom. The molecule has 2 rings (SSSR count). The Hall–Kier alpha value is -1.91. The first-order chi connectivity index (χ1) is 10.0. The van der Waals surface area contributed by atoms with Crippen molar-refractivity contribution < 1.29 is 9.53 Å².